The topological polar surface area (TPSA) is 38.7 Å². The van der Waals surface area contributed by atoms with Crippen molar-refractivity contribution in [2.45, 2.75) is 25.7 Å². The Morgan fingerprint density at radius 1 is 1.06 bits per heavy atom. The van der Waals surface area contributed by atoms with Gasteiger partial charge in [-0.15, -0.1) is 0 Å². The number of fused-ring (bicyclic) bond motifs is 1. The Labute approximate surface area is 108 Å². The van der Waals surface area contributed by atoms with Gasteiger partial charge in [0.1, 0.15) is 10.3 Å². The van der Waals surface area contributed by atoms with Crippen LogP contribution in [0.4, 0.5) is 0 Å². The summed E-state index contributed by atoms with van der Waals surface area (Å²) in [4.78, 5) is 13.4. The average molecular weight is 290 g/mol. The van der Waals surface area contributed by atoms with Gasteiger partial charge < -0.3 is 0 Å². The van der Waals surface area contributed by atoms with Crippen molar-refractivity contribution < 1.29 is 0 Å². The molecule has 0 radical (unpaired) electrons. The molecule has 1 aliphatic rings. The molecular formula is C13H12BrN3. The number of rotatable bonds is 1. The van der Waals surface area contributed by atoms with Gasteiger partial charge in [-0.25, -0.2) is 15.0 Å². The first-order chi connectivity index (χ1) is 8.33. The van der Waals surface area contributed by atoms with Gasteiger partial charge in [0.05, 0.1) is 0 Å². The summed E-state index contributed by atoms with van der Waals surface area (Å²) in [7, 11) is 0. The zero-order valence-electron chi connectivity index (χ0n) is 9.36. The largest absolute Gasteiger partial charge is 0.238 e. The Hall–Kier alpha value is -1.29. The minimum absolute atomic E-state index is 0.729. The molecule has 4 heteroatoms. The van der Waals surface area contributed by atoms with Crippen LogP contribution in [0.2, 0.25) is 0 Å². The number of hydrogen-bond acceptors (Lipinski definition) is 3. The fourth-order valence-electron chi connectivity index (χ4n) is 2.13. The van der Waals surface area contributed by atoms with Crippen molar-refractivity contribution in [1.82, 2.24) is 15.0 Å². The van der Waals surface area contributed by atoms with Gasteiger partial charge in [0.15, 0.2) is 5.82 Å². The van der Waals surface area contributed by atoms with Crippen molar-refractivity contribution in [3.05, 3.63) is 40.3 Å². The maximum atomic E-state index is 4.63. The molecule has 0 N–H and O–H groups in total. The van der Waals surface area contributed by atoms with Gasteiger partial charge in [-0.2, -0.15) is 0 Å². The standard InChI is InChI=1S/C13H12BrN3/c14-12-7-3-6-11(16-12)13-15-8-9-4-1-2-5-10(9)17-13/h3,6-8H,1-2,4-5H2. The second-order valence-corrected chi connectivity index (χ2v) is 5.03. The van der Waals surface area contributed by atoms with E-state index in [0.29, 0.717) is 0 Å². The third-order valence-electron chi connectivity index (χ3n) is 3.01. The van der Waals surface area contributed by atoms with Gasteiger partial charge in [-0.05, 0) is 59.3 Å². The molecule has 1 aliphatic carbocycles. The van der Waals surface area contributed by atoms with E-state index >= 15 is 0 Å². The second-order valence-electron chi connectivity index (χ2n) is 4.22. The quantitative estimate of drug-likeness (QED) is 0.757. The van der Waals surface area contributed by atoms with E-state index in [0.717, 1.165) is 29.0 Å². The van der Waals surface area contributed by atoms with Crippen LogP contribution in [-0.2, 0) is 12.8 Å². The molecule has 3 nitrogen and oxygen atoms in total. The van der Waals surface area contributed by atoms with E-state index in [1.807, 2.05) is 24.4 Å². The number of aryl methyl sites for hydroxylation is 2. The van der Waals surface area contributed by atoms with E-state index < -0.39 is 0 Å². The third-order valence-corrected chi connectivity index (χ3v) is 3.45. The van der Waals surface area contributed by atoms with Crippen LogP contribution in [-0.4, -0.2) is 15.0 Å². The van der Waals surface area contributed by atoms with Crippen LogP contribution >= 0.6 is 15.9 Å². The van der Waals surface area contributed by atoms with Crippen LogP contribution in [0.1, 0.15) is 24.1 Å². The van der Waals surface area contributed by atoms with Crippen molar-refractivity contribution in [2.75, 3.05) is 0 Å². The first-order valence-corrected chi connectivity index (χ1v) is 6.60. The van der Waals surface area contributed by atoms with Gasteiger partial charge in [-0.3, -0.25) is 0 Å². The normalized spacial score (nSPS) is 14.4. The maximum absolute atomic E-state index is 4.63. The van der Waals surface area contributed by atoms with Gasteiger partial charge in [0.2, 0.25) is 0 Å². The molecule has 0 aliphatic heterocycles. The van der Waals surface area contributed by atoms with Crippen LogP contribution in [0.25, 0.3) is 11.5 Å². The lowest BCUT2D eigenvalue weighted by Crippen LogP contribution is -2.07. The minimum Gasteiger partial charge on any atom is -0.238 e. The van der Waals surface area contributed by atoms with E-state index in [-0.39, 0.29) is 0 Å². The first-order valence-electron chi connectivity index (χ1n) is 5.81. The summed E-state index contributed by atoms with van der Waals surface area (Å²) in [5.74, 6) is 0.729. The Morgan fingerprint density at radius 3 is 2.82 bits per heavy atom. The highest BCUT2D eigenvalue weighted by atomic mass is 79.9. The van der Waals surface area contributed by atoms with Crippen molar-refractivity contribution in [3.63, 3.8) is 0 Å². The highest BCUT2D eigenvalue weighted by Crippen LogP contribution is 2.22. The molecule has 0 saturated carbocycles. The van der Waals surface area contributed by atoms with Crippen LogP contribution in [0.5, 0.6) is 0 Å². The molecule has 0 saturated heterocycles. The van der Waals surface area contributed by atoms with Crippen molar-refractivity contribution in [3.8, 4) is 11.5 Å². The molecular weight excluding hydrogens is 278 g/mol. The lowest BCUT2D eigenvalue weighted by molar-refractivity contribution is 0.663. The summed E-state index contributed by atoms with van der Waals surface area (Å²) in [5, 5.41) is 0. The van der Waals surface area contributed by atoms with E-state index in [2.05, 4.69) is 30.9 Å². The van der Waals surface area contributed by atoms with Crippen LogP contribution in [0, 0.1) is 0 Å². The predicted molar refractivity (Wildman–Crippen MR) is 69.6 cm³/mol. The zero-order chi connectivity index (χ0) is 11.7. The molecule has 0 bridgehead atoms. The number of pyridine rings is 1. The van der Waals surface area contributed by atoms with E-state index in [9.17, 15) is 0 Å². The van der Waals surface area contributed by atoms with Gasteiger partial charge >= 0.3 is 0 Å². The van der Waals surface area contributed by atoms with E-state index in [1.54, 1.807) is 0 Å². The smallest absolute Gasteiger partial charge is 0.178 e. The fourth-order valence-corrected chi connectivity index (χ4v) is 2.48. The summed E-state index contributed by atoms with van der Waals surface area (Å²) in [6, 6.07) is 5.80. The molecule has 2 aromatic rings. The zero-order valence-corrected chi connectivity index (χ0v) is 10.9. The predicted octanol–water partition coefficient (Wildman–Crippen LogP) is 3.18. The summed E-state index contributed by atoms with van der Waals surface area (Å²) >= 11 is 3.37. The van der Waals surface area contributed by atoms with Crippen LogP contribution in [0.15, 0.2) is 29.0 Å². The summed E-state index contributed by atoms with van der Waals surface area (Å²) < 4.78 is 0.816. The lowest BCUT2D eigenvalue weighted by atomic mass is 9.97. The monoisotopic (exact) mass is 289 g/mol. The maximum Gasteiger partial charge on any atom is 0.178 e. The number of hydrogen-bond donors (Lipinski definition) is 0. The Kier molecular flexibility index (Phi) is 2.89. The molecule has 0 spiro atoms. The Balaban J connectivity index is 2.04. The number of aromatic nitrogens is 3. The van der Waals surface area contributed by atoms with Crippen LogP contribution < -0.4 is 0 Å². The Bertz CT molecular complexity index is 554. The summed E-state index contributed by atoms with van der Waals surface area (Å²) in [6.07, 6.45) is 6.63. The highest BCUT2D eigenvalue weighted by molar-refractivity contribution is 9.10. The number of nitrogens with zero attached hydrogens (tertiary/aromatic N) is 3. The molecule has 2 heterocycles. The van der Waals surface area contributed by atoms with Gasteiger partial charge in [-0.1, -0.05) is 6.07 Å². The molecule has 17 heavy (non-hydrogen) atoms. The molecule has 0 unspecified atom stereocenters. The molecule has 0 fully saturated rings. The molecule has 0 aromatic carbocycles. The molecule has 2 aromatic heterocycles. The van der Waals surface area contributed by atoms with Crippen molar-refractivity contribution in [1.29, 1.82) is 0 Å². The minimum atomic E-state index is 0.729. The molecule has 86 valence electrons. The van der Waals surface area contributed by atoms with Gasteiger partial charge in [0.25, 0.3) is 0 Å². The fraction of sp³-hybridized carbons (Fsp3) is 0.308. The third kappa shape index (κ3) is 2.22. The van der Waals surface area contributed by atoms with E-state index in [4.69, 9.17) is 0 Å². The van der Waals surface area contributed by atoms with Crippen molar-refractivity contribution >= 4 is 15.9 Å². The Morgan fingerprint density at radius 2 is 1.94 bits per heavy atom. The summed E-state index contributed by atoms with van der Waals surface area (Å²) in [5.41, 5.74) is 3.32. The number of halogens is 1. The first kappa shape index (κ1) is 10.8. The lowest BCUT2D eigenvalue weighted by Gasteiger charge is -2.14. The second kappa shape index (κ2) is 4.53. The van der Waals surface area contributed by atoms with E-state index in [1.165, 1.54) is 24.1 Å². The van der Waals surface area contributed by atoms with Crippen molar-refractivity contribution in [2.24, 2.45) is 0 Å². The molecule has 0 amide bonds. The molecule has 0 atom stereocenters. The molecule has 3 rings (SSSR count). The van der Waals surface area contributed by atoms with Crippen LogP contribution in [0.3, 0.4) is 0 Å². The van der Waals surface area contributed by atoms with Gasteiger partial charge in [0, 0.05) is 11.9 Å². The highest BCUT2D eigenvalue weighted by Gasteiger charge is 2.13. The summed E-state index contributed by atoms with van der Waals surface area (Å²) in [6.45, 7) is 0. The SMILES string of the molecule is Brc1cccc(-c2ncc3c(n2)CCCC3)n1. The average Bonchev–Trinajstić information content (AvgIpc) is 2.38.